The Bertz CT molecular complexity index is 905. The summed E-state index contributed by atoms with van der Waals surface area (Å²) in [6.45, 7) is 0.391. The number of hydrogen-bond donors (Lipinski definition) is 2. The van der Waals surface area contributed by atoms with Crippen molar-refractivity contribution in [3.63, 3.8) is 0 Å². The summed E-state index contributed by atoms with van der Waals surface area (Å²) < 4.78 is 5.12. The topological polar surface area (TPSA) is 89.0 Å². The van der Waals surface area contributed by atoms with Gasteiger partial charge in [0.1, 0.15) is 11.4 Å². The Morgan fingerprint density at radius 3 is 2.69 bits per heavy atom. The van der Waals surface area contributed by atoms with Gasteiger partial charge in [-0.15, -0.1) is 0 Å². The van der Waals surface area contributed by atoms with Crippen LogP contribution in [0.4, 0.5) is 11.6 Å². The summed E-state index contributed by atoms with van der Waals surface area (Å²) in [7, 11) is 1.55. The van der Waals surface area contributed by atoms with E-state index in [1.807, 2.05) is 12.1 Å². The molecule has 3 aromatic rings. The fourth-order valence-corrected chi connectivity index (χ4v) is 2.45. The lowest BCUT2D eigenvalue weighted by Crippen LogP contribution is -2.24. The zero-order valence-corrected chi connectivity index (χ0v) is 14.7. The molecule has 0 atom stereocenters. The highest BCUT2D eigenvalue weighted by Gasteiger charge is 2.09. The van der Waals surface area contributed by atoms with Crippen molar-refractivity contribution in [1.29, 1.82) is 0 Å². The molecule has 0 saturated carbocycles. The molecule has 3 rings (SSSR count). The fraction of sp³-hybridized carbons (Fsp3) is 0.111. The van der Waals surface area contributed by atoms with E-state index in [9.17, 15) is 4.79 Å². The maximum atomic E-state index is 12.3. The van der Waals surface area contributed by atoms with E-state index in [1.54, 1.807) is 43.8 Å². The summed E-state index contributed by atoms with van der Waals surface area (Å²) in [6.07, 6.45) is 4.87. The van der Waals surface area contributed by atoms with Crippen molar-refractivity contribution >= 4 is 29.1 Å². The Hall–Kier alpha value is -3.19. The molecule has 0 spiro atoms. The summed E-state index contributed by atoms with van der Waals surface area (Å²) in [4.78, 5) is 24.6. The van der Waals surface area contributed by atoms with Gasteiger partial charge in [0.2, 0.25) is 5.95 Å². The van der Waals surface area contributed by atoms with E-state index in [2.05, 4.69) is 25.6 Å². The molecule has 0 aliphatic carbocycles. The molecule has 2 heterocycles. The number of aromatic nitrogens is 3. The molecule has 2 N–H and O–H groups in total. The number of carbonyl (C=O) groups excluding carboxylic acids is 1. The Morgan fingerprint density at radius 1 is 1.15 bits per heavy atom. The normalized spacial score (nSPS) is 10.2. The van der Waals surface area contributed by atoms with E-state index >= 15 is 0 Å². The third-order valence-electron chi connectivity index (χ3n) is 3.50. The minimum Gasteiger partial charge on any atom is -0.495 e. The van der Waals surface area contributed by atoms with Crippen LogP contribution in [0.15, 0.2) is 55.0 Å². The number of amides is 1. The first-order valence-corrected chi connectivity index (χ1v) is 8.14. The van der Waals surface area contributed by atoms with Crippen molar-refractivity contribution in [3.8, 4) is 5.75 Å². The molecule has 0 fully saturated rings. The smallest absolute Gasteiger partial charge is 0.270 e. The number of nitrogens with zero attached hydrogens (tertiary/aromatic N) is 3. The Labute approximate surface area is 155 Å². The van der Waals surface area contributed by atoms with E-state index < -0.39 is 0 Å². The van der Waals surface area contributed by atoms with Crippen LogP contribution in [0.25, 0.3) is 0 Å². The molecule has 0 saturated heterocycles. The molecule has 0 unspecified atom stereocenters. The van der Waals surface area contributed by atoms with Crippen LogP contribution in [0.1, 0.15) is 16.1 Å². The molecule has 7 nitrogen and oxygen atoms in total. The summed E-state index contributed by atoms with van der Waals surface area (Å²) in [5.74, 6) is 0.574. The molecule has 26 heavy (non-hydrogen) atoms. The molecule has 8 heteroatoms. The molecular weight excluding hydrogens is 354 g/mol. The number of methoxy groups -OCH3 is 1. The molecule has 0 bridgehead atoms. The van der Waals surface area contributed by atoms with Crippen LogP contribution in [-0.4, -0.2) is 28.0 Å². The standard InChI is InChI=1S/C18H16ClN5O2/c1-26-16-3-2-13(10-14(16)19)23-18-21-9-6-15(24-18)17(25)22-11-12-4-7-20-8-5-12/h2-10H,11H2,1H3,(H,22,25)(H,21,23,24). The minimum absolute atomic E-state index is 0.260. The molecule has 0 radical (unpaired) electrons. The van der Waals surface area contributed by atoms with Crippen LogP contribution in [0.2, 0.25) is 5.02 Å². The SMILES string of the molecule is COc1ccc(Nc2nccc(C(=O)NCc3ccncc3)n2)cc1Cl. The van der Waals surface area contributed by atoms with Crippen molar-refractivity contribution in [1.82, 2.24) is 20.3 Å². The van der Waals surface area contributed by atoms with Gasteiger partial charge in [-0.25, -0.2) is 9.97 Å². The predicted octanol–water partition coefficient (Wildman–Crippen LogP) is 3.21. The Morgan fingerprint density at radius 2 is 1.96 bits per heavy atom. The zero-order valence-electron chi connectivity index (χ0n) is 13.9. The van der Waals surface area contributed by atoms with Crippen LogP contribution >= 0.6 is 11.6 Å². The van der Waals surface area contributed by atoms with Crippen molar-refractivity contribution in [2.45, 2.75) is 6.54 Å². The Balaban J connectivity index is 1.67. The van der Waals surface area contributed by atoms with E-state index in [4.69, 9.17) is 16.3 Å². The highest BCUT2D eigenvalue weighted by Crippen LogP contribution is 2.28. The van der Waals surface area contributed by atoms with Gasteiger partial charge < -0.3 is 15.4 Å². The number of hydrogen-bond acceptors (Lipinski definition) is 6. The molecule has 1 aromatic carbocycles. The van der Waals surface area contributed by atoms with E-state index in [0.29, 0.717) is 29.0 Å². The number of rotatable bonds is 6. The van der Waals surface area contributed by atoms with Crippen LogP contribution in [0.3, 0.4) is 0 Å². The number of pyridine rings is 1. The second kappa shape index (κ2) is 8.26. The number of halogens is 1. The largest absolute Gasteiger partial charge is 0.495 e. The van der Waals surface area contributed by atoms with Crippen LogP contribution in [0, 0.1) is 0 Å². The van der Waals surface area contributed by atoms with Gasteiger partial charge in [-0.05, 0) is 42.0 Å². The molecule has 2 aromatic heterocycles. The average Bonchev–Trinajstić information content (AvgIpc) is 2.67. The molecule has 132 valence electrons. The monoisotopic (exact) mass is 369 g/mol. The van der Waals surface area contributed by atoms with Crippen LogP contribution in [0.5, 0.6) is 5.75 Å². The van der Waals surface area contributed by atoms with E-state index in [0.717, 1.165) is 5.56 Å². The van der Waals surface area contributed by atoms with Gasteiger partial charge in [-0.1, -0.05) is 11.6 Å². The van der Waals surface area contributed by atoms with Crippen LogP contribution < -0.4 is 15.4 Å². The lowest BCUT2D eigenvalue weighted by molar-refractivity contribution is 0.0946. The average molecular weight is 370 g/mol. The molecular formula is C18H16ClN5O2. The third-order valence-corrected chi connectivity index (χ3v) is 3.79. The van der Waals surface area contributed by atoms with Gasteiger partial charge in [0, 0.05) is 30.8 Å². The van der Waals surface area contributed by atoms with Gasteiger partial charge in [0.05, 0.1) is 12.1 Å². The number of carbonyl (C=O) groups is 1. The number of anilines is 2. The molecule has 0 aliphatic heterocycles. The van der Waals surface area contributed by atoms with Gasteiger partial charge in [-0.3, -0.25) is 9.78 Å². The Kier molecular flexibility index (Phi) is 5.60. The van der Waals surface area contributed by atoms with Gasteiger partial charge in [0.25, 0.3) is 5.91 Å². The third kappa shape index (κ3) is 4.46. The number of nitrogens with one attached hydrogen (secondary N) is 2. The van der Waals surface area contributed by atoms with Crippen molar-refractivity contribution < 1.29 is 9.53 Å². The van der Waals surface area contributed by atoms with Crippen LogP contribution in [-0.2, 0) is 6.54 Å². The highest BCUT2D eigenvalue weighted by molar-refractivity contribution is 6.32. The lowest BCUT2D eigenvalue weighted by atomic mass is 10.2. The van der Waals surface area contributed by atoms with Gasteiger partial charge in [-0.2, -0.15) is 0 Å². The quantitative estimate of drug-likeness (QED) is 0.693. The first-order valence-electron chi connectivity index (χ1n) is 7.76. The lowest BCUT2D eigenvalue weighted by Gasteiger charge is -2.09. The van der Waals surface area contributed by atoms with Crippen molar-refractivity contribution in [2.24, 2.45) is 0 Å². The number of benzene rings is 1. The maximum absolute atomic E-state index is 12.3. The van der Waals surface area contributed by atoms with Crippen molar-refractivity contribution in [2.75, 3.05) is 12.4 Å². The highest BCUT2D eigenvalue weighted by atomic mass is 35.5. The minimum atomic E-state index is -0.292. The predicted molar refractivity (Wildman–Crippen MR) is 98.7 cm³/mol. The van der Waals surface area contributed by atoms with Gasteiger partial charge >= 0.3 is 0 Å². The summed E-state index contributed by atoms with van der Waals surface area (Å²) in [5, 5.41) is 6.28. The van der Waals surface area contributed by atoms with E-state index in [1.165, 1.54) is 6.20 Å². The van der Waals surface area contributed by atoms with Crippen molar-refractivity contribution in [3.05, 3.63) is 71.3 Å². The van der Waals surface area contributed by atoms with E-state index in [-0.39, 0.29) is 11.6 Å². The zero-order chi connectivity index (χ0) is 18.4. The molecule has 1 amide bonds. The maximum Gasteiger partial charge on any atom is 0.270 e. The summed E-state index contributed by atoms with van der Waals surface area (Å²) in [5.41, 5.74) is 1.90. The first kappa shape index (κ1) is 17.6. The molecule has 0 aliphatic rings. The number of ether oxygens (including phenoxy) is 1. The summed E-state index contributed by atoms with van der Waals surface area (Å²) >= 11 is 6.10. The second-order valence-corrected chi connectivity index (χ2v) is 5.69. The summed E-state index contributed by atoms with van der Waals surface area (Å²) in [6, 6.07) is 10.4. The second-order valence-electron chi connectivity index (χ2n) is 5.28. The van der Waals surface area contributed by atoms with Gasteiger partial charge in [0.15, 0.2) is 0 Å². The fourth-order valence-electron chi connectivity index (χ4n) is 2.19. The first-order chi connectivity index (χ1) is 12.7.